The summed E-state index contributed by atoms with van der Waals surface area (Å²) in [5.74, 6) is 0.551. The number of rotatable bonds is 6. The summed E-state index contributed by atoms with van der Waals surface area (Å²) in [7, 11) is -3.53. The van der Waals surface area contributed by atoms with Crippen LogP contribution in [0.25, 0.3) is 0 Å². The Bertz CT molecular complexity index is 793. The highest BCUT2D eigenvalue weighted by Gasteiger charge is 2.19. The highest BCUT2D eigenvalue weighted by molar-refractivity contribution is 7.89. The molecule has 2 aromatic carbocycles. The van der Waals surface area contributed by atoms with E-state index in [1.807, 2.05) is 51.1 Å². The molecule has 4 heteroatoms. The zero-order valence-corrected chi connectivity index (χ0v) is 15.9. The first-order chi connectivity index (χ1) is 11.2. The van der Waals surface area contributed by atoms with Crippen molar-refractivity contribution in [3.63, 3.8) is 0 Å². The normalized spacial score (nSPS) is 13.2. The van der Waals surface area contributed by atoms with Crippen LogP contribution >= 0.6 is 0 Å². The van der Waals surface area contributed by atoms with Crippen molar-refractivity contribution in [2.24, 2.45) is 5.92 Å². The van der Waals surface area contributed by atoms with E-state index in [2.05, 4.69) is 18.6 Å². The summed E-state index contributed by atoms with van der Waals surface area (Å²) < 4.78 is 28.1. The van der Waals surface area contributed by atoms with Crippen LogP contribution in [0.3, 0.4) is 0 Å². The minimum atomic E-state index is -3.53. The van der Waals surface area contributed by atoms with E-state index in [1.165, 1.54) is 0 Å². The fourth-order valence-electron chi connectivity index (χ4n) is 2.87. The average Bonchev–Trinajstić information content (AvgIpc) is 2.49. The summed E-state index contributed by atoms with van der Waals surface area (Å²) in [4.78, 5) is 0.312. The maximum absolute atomic E-state index is 12.6. The molecule has 0 saturated carbocycles. The minimum Gasteiger partial charge on any atom is -0.207 e. The van der Waals surface area contributed by atoms with Crippen LogP contribution in [-0.2, 0) is 16.4 Å². The topological polar surface area (TPSA) is 46.2 Å². The third-order valence-electron chi connectivity index (χ3n) is 4.11. The second-order valence-corrected chi connectivity index (χ2v) is 8.66. The first kappa shape index (κ1) is 18.7. The lowest BCUT2D eigenvalue weighted by Gasteiger charge is -2.17. The third kappa shape index (κ3) is 4.68. The summed E-state index contributed by atoms with van der Waals surface area (Å²) in [5, 5.41) is 0. The Balaban J connectivity index is 2.19. The first-order valence-electron chi connectivity index (χ1n) is 8.37. The van der Waals surface area contributed by atoms with Crippen molar-refractivity contribution in [2.75, 3.05) is 0 Å². The van der Waals surface area contributed by atoms with E-state index >= 15 is 0 Å². The van der Waals surface area contributed by atoms with Gasteiger partial charge >= 0.3 is 0 Å². The fourth-order valence-corrected chi connectivity index (χ4v) is 4.09. The van der Waals surface area contributed by atoms with E-state index in [4.69, 9.17) is 0 Å². The van der Waals surface area contributed by atoms with Gasteiger partial charge in [-0.15, -0.1) is 0 Å². The van der Waals surface area contributed by atoms with E-state index in [1.54, 1.807) is 12.1 Å². The molecular weight excluding hydrogens is 318 g/mol. The van der Waals surface area contributed by atoms with E-state index in [0.717, 1.165) is 28.7 Å². The predicted molar refractivity (Wildman–Crippen MR) is 99.6 cm³/mol. The van der Waals surface area contributed by atoms with Crippen molar-refractivity contribution < 1.29 is 8.42 Å². The van der Waals surface area contributed by atoms with Crippen molar-refractivity contribution in [3.05, 3.63) is 64.7 Å². The molecule has 0 saturated heterocycles. The smallest absolute Gasteiger partial charge is 0.207 e. The van der Waals surface area contributed by atoms with Gasteiger partial charge in [0.15, 0.2) is 0 Å². The van der Waals surface area contributed by atoms with Crippen LogP contribution in [0, 0.1) is 19.8 Å². The number of hydrogen-bond acceptors (Lipinski definition) is 2. The lowest BCUT2D eigenvalue weighted by atomic mass is 10.0. The molecule has 0 spiro atoms. The lowest BCUT2D eigenvalue weighted by molar-refractivity contribution is 0.566. The van der Waals surface area contributed by atoms with Gasteiger partial charge in [0.25, 0.3) is 0 Å². The van der Waals surface area contributed by atoms with Crippen LogP contribution in [0.5, 0.6) is 0 Å². The molecule has 0 aliphatic rings. The molecule has 0 radical (unpaired) electrons. The largest absolute Gasteiger partial charge is 0.241 e. The molecule has 0 fully saturated rings. The Morgan fingerprint density at radius 1 is 0.958 bits per heavy atom. The van der Waals surface area contributed by atoms with E-state index in [9.17, 15) is 8.42 Å². The maximum atomic E-state index is 12.6. The molecule has 24 heavy (non-hydrogen) atoms. The SMILES string of the molecule is Cc1ccc(C)c(C(C)NS(=O)(=O)c2ccc(CC(C)C)cc2)c1. The van der Waals surface area contributed by atoms with Gasteiger partial charge in [0.05, 0.1) is 4.90 Å². The zero-order chi connectivity index (χ0) is 17.9. The van der Waals surface area contributed by atoms with Gasteiger partial charge in [-0.2, -0.15) is 0 Å². The van der Waals surface area contributed by atoms with E-state index in [-0.39, 0.29) is 6.04 Å². The zero-order valence-electron chi connectivity index (χ0n) is 15.1. The second-order valence-electron chi connectivity index (χ2n) is 6.94. The van der Waals surface area contributed by atoms with Crippen molar-refractivity contribution >= 4 is 10.0 Å². The molecule has 2 rings (SSSR count). The molecule has 0 heterocycles. The Hall–Kier alpha value is -1.65. The monoisotopic (exact) mass is 345 g/mol. The number of hydrogen-bond donors (Lipinski definition) is 1. The lowest BCUT2D eigenvalue weighted by Crippen LogP contribution is -2.27. The molecular formula is C20H27NO2S. The first-order valence-corrected chi connectivity index (χ1v) is 9.86. The van der Waals surface area contributed by atoms with Crippen LogP contribution in [0.4, 0.5) is 0 Å². The van der Waals surface area contributed by atoms with Gasteiger partial charge in [0.1, 0.15) is 0 Å². The predicted octanol–water partition coefficient (Wildman–Crippen LogP) is 4.54. The standard InChI is InChI=1S/C20H27NO2S/c1-14(2)12-18-8-10-19(11-9-18)24(22,23)21-17(5)20-13-15(3)6-7-16(20)4/h6-11,13-14,17,21H,12H2,1-5H3. The van der Waals surface area contributed by atoms with Gasteiger partial charge in [-0.05, 0) is 61.9 Å². The van der Waals surface area contributed by atoms with Crippen molar-refractivity contribution in [3.8, 4) is 0 Å². The van der Waals surface area contributed by atoms with Crippen LogP contribution in [-0.4, -0.2) is 8.42 Å². The van der Waals surface area contributed by atoms with Gasteiger partial charge in [0, 0.05) is 6.04 Å². The van der Waals surface area contributed by atoms with Crippen molar-refractivity contribution in [1.29, 1.82) is 0 Å². The molecule has 0 aromatic heterocycles. The molecule has 1 atom stereocenters. The highest BCUT2D eigenvalue weighted by Crippen LogP contribution is 2.22. The van der Waals surface area contributed by atoms with Crippen LogP contribution in [0.15, 0.2) is 47.4 Å². The number of sulfonamides is 1. The minimum absolute atomic E-state index is 0.273. The van der Waals surface area contributed by atoms with E-state index < -0.39 is 10.0 Å². The quantitative estimate of drug-likeness (QED) is 0.835. The van der Waals surface area contributed by atoms with Gasteiger partial charge in [0.2, 0.25) is 10.0 Å². The summed E-state index contributed by atoms with van der Waals surface area (Å²) >= 11 is 0. The number of aryl methyl sites for hydroxylation is 2. The maximum Gasteiger partial charge on any atom is 0.241 e. The van der Waals surface area contributed by atoms with Crippen LogP contribution in [0.2, 0.25) is 0 Å². The number of benzene rings is 2. The summed E-state index contributed by atoms with van der Waals surface area (Å²) in [6, 6.07) is 13.0. The fraction of sp³-hybridized carbons (Fsp3) is 0.400. The molecule has 0 bridgehead atoms. The molecule has 1 unspecified atom stereocenters. The van der Waals surface area contributed by atoms with Crippen molar-refractivity contribution in [1.82, 2.24) is 4.72 Å². The molecule has 0 amide bonds. The summed E-state index contributed by atoms with van der Waals surface area (Å²) in [6.45, 7) is 10.2. The molecule has 130 valence electrons. The van der Waals surface area contributed by atoms with Crippen LogP contribution < -0.4 is 4.72 Å². The van der Waals surface area contributed by atoms with Crippen LogP contribution in [0.1, 0.15) is 49.1 Å². The average molecular weight is 346 g/mol. The third-order valence-corrected chi connectivity index (χ3v) is 5.67. The van der Waals surface area contributed by atoms with Gasteiger partial charge < -0.3 is 0 Å². The summed E-state index contributed by atoms with van der Waals surface area (Å²) in [5.41, 5.74) is 4.38. The Kier molecular flexibility index (Phi) is 5.83. The van der Waals surface area contributed by atoms with Gasteiger partial charge in [-0.1, -0.05) is 49.7 Å². The summed E-state index contributed by atoms with van der Waals surface area (Å²) in [6.07, 6.45) is 0.951. The Morgan fingerprint density at radius 2 is 1.58 bits per heavy atom. The molecule has 2 aromatic rings. The molecule has 0 aliphatic heterocycles. The second kappa shape index (κ2) is 7.49. The van der Waals surface area contributed by atoms with Crippen molar-refractivity contribution in [2.45, 2.75) is 52.0 Å². The Labute approximate surface area is 146 Å². The van der Waals surface area contributed by atoms with Gasteiger partial charge in [-0.25, -0.2) is 13.1 Å². The highest BCUT2D eigenvalue weighted by atomic mass is 32.2. The Morgan fingerprint density at radius 3 is 2.17 bits per heavy atom. The molecule has 3 nitrogen and oxygen atoms in total. The number of nitrogens with one attached hydrogen (secondary N) is 1. The molecule has 0 aliphatic carbocycles. The van der Waals surface area contributed by atoms with Gasteiger partial charge in [-0.3, -0.25) is 0 Å². The molecule has 1 N–H and O–H groups in total. The van der Waals surface area contributed by atoms with E-state index in [0.29, 0.717) is 10.8 Å².